The SMILES string of the molecule is CC1CN(S(=O)(=O)N(C)CCC#N)CC(C)O1. The molecule has 2 atom stereocenters. The van der Waals surface area contributed by atoms with Gasteiger partial charge in [-0.1, -0.05) is 0 Å². The van der Waals surface area contributed by atoms with Crippen molar-refractivity contribution in [3.63, 3.8) is 0 Å². The van der Waals surface area contributed by atoms with Crippen molar-refractivity contribution >= 4 is 10.2 Å². The van der Waals surface area contributed by atoms with Crippen molar-refractivity contribution in [2.75, 3.05) is 26.7 Å². The Morgan fingerprint density at radius 1 is 1.41 bits per heavy atom. The summed E-state index contributed by atoms with van der Waals surface area (Å²) < 4.78 is 32.5. The highest BCUT2D eigenvalue weighted by Crippen LogP contribution is 2.16. The lowest BCUT2D eigenvalue weighted by Crippen LogP contribution is -2.52. The van der Waals surface area contributed by atoms with Crippen LogP contribution in [0.5, 0.6) is 0 Å². The fourth-order valence-electron chi connectivity index (χ4n) is 1.84. The van der Waals surface area contributed by atoms with Crippen molar-refractivity contribution in [2.24, 2.45) is 0 Å². The Kier molecular flexibility index (Phi) is 4.89. The van der Waals surface area contributed by atoms with E-state index in [1.807, 2.05) is 19.9 Å². The predicted molar refractivity (Wildman–Crippen MR) is 63.4 cm³/mol. The fourth-order valence-corrected chi connectivity index (χ4v) is 3.35. The molecule has 0 saturated carbocycles. The molecule has 0 radical (unpaired) electrons. The van der Waals surface area contributed by atoms with E-state index in [1.54, 1.807) is 0 Å². The molecule has 1 fully saturated rings. The van der Waals surface area contributed by atoms with Crippen LogP contribution < -0.4 is 0 Å². The van der Waals surface area contributed by atoms with Crippen LogP contribution >= 0.6 is 0 Å². The summed E-state index contributed by atoms with van der Waals surface area (Å²) in [5.74, 6) is 0. The number of hydrogen-bond acceptors (Lipinski definition) is 4. The zero-order chi connectivity index (χ0) is 13.1. The third kappa shape index (κ3) is 3.64. The predicted octanol–water partition coefficient (Wildman–Crippen LogP) is 0.186. The van der Waals surface area contributed by atoms with Crippen LogP contribution in [0.25, 0.3) is 0 Å². The fraction of sp³-hybridized carbons (Fsp3) is 0.900. The molecule has 1 saturated heterocycles. The number of hydrogen-bond donors (Lipinski definition) is 0. The molecule has 98 valence electrons. The Morgan fingerprint density at radius 3 is 2.41 bits per heavy atom. The summed E-state index contributed by atoms with van der Waals surface area (Å²) in [6.45, 7) is 4.66. The summed E-state index contributed by atoms with van der Waals surface area (Å²) in [6, 6.07) is 1.94. The molecule has 0 N–H and O–H groups in total. The summed E-state index contributed by atoms with van der Waals surface area (Å²) in [5, 5.41) is 8.47. The molecule has 0 bridgehead atoms. The molecule has 0 aliphatic carbocycles. The van der Waals surface area contributed by atoms with E-state index in [9.17, 15) is 8.42 Å². The molecular weight excluding hydrogens is 242 g/mol. The average molecular weight is 261 g/mol. The number of nitrogens with zero attached hydrogens (tertiary/aromatic N) is 3. The molecule has 1 aliphatic rings. The van der Waals surface area contributed by atoms with E-state index in [4.69, 9.17) is 10.00 Å². The molecule has 0 spiro atoms. The first-order chi connectivity index (χ1) is 7.87. The van der Waals surface area contributed by atoms with E-state index in [1.165, 1.54) is 15.7 Å². The third-order valence-corrected chi connectivity index (χ3v) is 4.57. The third-order valence-electron chi connectivity index (χ3n) is 2.64. The molecule has 2 unspecified atom stereocenters. The normalized spacial score (nSPS) is 27.0. The molecule has 6 nitrogen and oxygen atoms in total. The molecule has 1 aliphatic heterocycles. The van der Waals surface area contributed by atoms with Gasteiger partial charge in [0.15, 0.2) is 0 Å². The van der Waals surface area contributed by atoms with E-state index in [-0.39, 0.29) is 25.2 Å². The number of morpholine rings is 1. The quantitative estimate of drug-likeness (QED) is 0.724. The van der Waals surface area contributed by atoms with Crippen LogP contribution in [-0.2, 0) is 14.9 Å². The summed E-state index contributed by atoms with van der Waals surface area (Å²) in [7, 11) is -1.97. The minimum atomic E-state index is -3.46. The first kappa shape index (κ1) is 14.4. The minimum Gasteiger partial charge on any atom is -0.373 e. The van der Waals surface area contributed by atoms with Crippen molar-refractivity contribution in [2.45, 2.75) is 32.5 Å². The molecule has 7 heteroatoms. The molecule has 0 amide bonds. The van der Waals surface area contributed by atoms with Gasteiger partial charge in [0.1, 0.15) is 0 Å². The van der Waals surface area contributed by atoms with Crippen LogP contribution in [0.15, 0.2) is 0 Å². The lowest BCUT2D eigenvalue weighted by atomic mass is 10.3. The first-order valence-electron chi connectivity index (χ1n) is 5.61. The molecular formula is C10H19N3O3S. The molecule has 0 aromatic heterocycles. The Hall–Kier alpha value is -0.680. The Balaban J connectivity index is 2.72. The zero-order valence-corrected chi connectivity index (χ0v) is 11.3. The van der Waals surface area contributed by atoms with Crippen LogP contribution in [0.3, 0.4) is 0 Å². The standard InChI is InChI=1S/C10H19N3O3S/c1-9-7-13(8-10(2)16-9)17(14,15)12(3)6-4-5-11/h9-10H,4,6-8H2,1-3H3. The molecule has 17 heavy (non-hydrogen) atoms. The summed E-state index contributed by atoms with van der Waals surface area (Å²) >= 11 is 0. The van der Waals surface area contributed by atoms with Gasteiger partial charge in [-0.05, 0) is 13.8 Å². The molecule has 1 rings (SSSR count). The van der Waals surface area contributed by atoms with Gasteiger partial charge in [-0.25, -0.2) is 0 Å². The maximum Gasteiger partial charge on any atom is 0.281 e. The second-order valence-electron chi connectivity index (χ2n) is 4.31. The van der Waals surface area contributed by atoms with Gasteiger partial charge in [0.2, 0.25) is 0 Å². The zero-order valence-electron chi connectivity index (χ0n) is 10.5. The van der Waals surface area contributed by atoms with Gasteiger partial charge in [-0.2, -0.15) is 22.3 Å². The topological polar surface area (TPSA) is 73.6 Å². The molecule has 0 aromatic carbocycles. The van der Waals surface area contributed by atoms with Gasteiger partial charge in [-0.3, -0.25) is 0 Å². The van der Waals surface area contributed by atoms with Crippen molar-refractivity contribution in [3.05, 3.63) is 0 Å². The number of ether oxygens (including phenoxy) is 1. The van der Waals surface area contributed by atoms with Gasteiger partial charge in [0.05, 0.1) is 18.3 Å². The molecule has 0 aromatic rings. The Bertz CT molecular complexity index is 380. The van der Waals surface area contributed by atoms with E-state index in [0.29, 0.717) is 13.1 Å². The van der Waals surface area contributed by atoms with Gasteiger partial charge in [0, 0.05) is 33.1 Å². The highest BCUT2D eigenvalue weighted by Gasteiger charge is 2.33. The largest absolute Gasteiger partial charge is 0.373 e. The van der Waals surface area contributed by atoms with Crippen LogP contribution in [0.1, 0.15) is 20.3 Å². The Labute approximate surface area is 103 Å². The van der Waals surface area contributed by atoms with Crippen LogP contribution in [-0.4, -0.2) is 55.9 Å². The monoisotopic (exact) mass is 261 g/mol. The number of rotatable bonds is 4. The minimum absolute atomic E-state index is 0.0992. The van der Waals surface area contributed by atoms with Gasteiger partial charge < -0.3 is 4.74 Å². The first-order valence-corrected chi connectivity index (χ1v) is 7.01. The maximum atomic E-state index is 12.2. The van der Waals surface area contributed by atoms with Crippen LogP contribution in [0.4, 0.5) is 0 Å². The van der Waals surface area contributed by atoms with Crippen molar-refractivity contribution in [1.29, 1.82) is 5.26 Å². The lowest BCUT2D eigenvalue weighted by Gasteiger charge is -2.36. The highest BCUT2D eigenvalue weighted by atomic mass is 32.2. The lowest BCUT2D eigenvalue weighted by molar-refractivity contribution is -0.0452. The van der Waals surface area contributed by atoms with E-state index in [2.05, 4.69) is 0 Å². The van der Waals surface area contributed by atoms with Crippen LogP contribution in [0.2, 0.25) is 0 Å². The van der Waals surface area contributed by atoms with Crippen LogP contribution in [0, 0.1) is 11.3 Å². The Morgan fingerprint density at radius 2 is 1.94 bits per heavy atom. The van der Waals surface area contributed by atoms with E-state index >= 15 is 0 Å². The maximum absolute atomic E-state index is 12.2. The number of nitriles is 1. The second kappa shape index (κ2) is 5.78. The summed E-state index contributed by atoms with van der Waals surface area (Å²) in [5.41, 5.74) is 0. The van der Waals surface area contributed by atoms with Crippen molar-refractivity contribution in [3.8, 4) is 6.07 Å². The van der Waals surface area contributed by atoms with Gasteiger partial charge in [-0.15, -0.1) is 0 Å². The van der Waals surface area contributed by atoms with Gasteiger partial charge >= 0.3 is 0 Å². The molecule has 1 heterocycles. The van der Waals surface area contributed by atoms with Crippen molar-refractivity contribution < 1.29 is 13.2 Å². The highest BCUT2D eigenvalue weighted by molar-refractivity contribution is 7.86. The summed E-state index contributed by atoms with van der Waals surface area (Å²) in [4.78, 5) is 0. The second-order valence-corrected chi connectivity index (χ2v) is 6.35. The average Bonchev–Trinajstić information content (AvgIpc) is 2.24. The smallest absolute Gasteiger partial charge is 0.281 e. The van der Waals surface area contributed by atoms with Crippen molar-refractivity contribution in [1.82, 2.24) is 8.61 Å². The van der Waals surface area contributed by atoms with E-state index < -0.39 is 10.2 Å². The summed E-state index contributed by atoms with van der Waals surface area (Å²) in [6.07, 6.45) is 0.00123. The van der Waals surface area contributed by atoms with E-state index in [0.717, 1.165) is 0 Å². The van der Waals surface area contributed by atoms with Gasteiger partial charge in [0.25, 0.3) is 10.2 Å².